The van der Waals surface area contributed by atoms with Crippen molar-refractivity contribution < 1.29 is 9.90 Å². The van der Waals surface area contributed by atoms with Crippen LogP contribution in [0, 0.1) is 0 Å². The minimum absolute atomic E-state index is 0.105. The van der Waals surface area contributed by atoms with E-state index in [4.69, 9.17) is 0 Å². The summed E-state index contributed by atoms with van der Waals surface area (Å²) in [4.78, 5) is 20.3. The molecule has 0 saturated carbocycles. The topological polar surface area (TPSA) is 82.1 Å². The van der Waals surface area contributed by atoms with Crippen LogP contribution in [0.1, 0.15) is 32.5 Å². The summed E-state index contributed by atoms with van der Waals surface area (Å²) in [6.07, 6.45) is 3.49. The van der Waals surface area contributed by atoms with E-state index in [0.29, 0.717) is 23.5 Å². The molecular weight excluding hydrogens is 372 g/mol. The Morgan fingerprint density at radius 1 is 1.14 bits per heavy atom. The molecule has 1 aliphatic heterocycles. The highest BCUT2D eigenvalue weighted by Crippen LogP contribution is 2.45. The molecule has 1 amide bonds. The quantitative estimate of drug-likeness (QED) is 0.554. The summed E-state index contributed by atoms with van der Waals surface area (Å²) in [5.74, 6) is 0.0336. The molecule has 4 aromatic rings. The Bertz CT molecular complexity index is 1140. The first kappa shape index (κ1) is 16.7. The summed E-state index contributed by atoms with van der Waals surface area (Å²) in [5, 5.41) is 19.6. The summed E-state index contributed by atoms with van der Waals surface area (Å²) in [6, 6.07) is 14.6. The van der Waals surface area contributed by atoms with Crippen molar-refractivity contribution in [1.29, 1.82) is 0 Å². The van der Waals surface area contributed by atoms with Gasteiger partial charge >= 0.3 is 0 Å². The second kappa shape index (κ2) is 6.61. The highest BCUT2D eigenvalue weighted by molar-refractivity contribution is 7.10. The summed E-state index contributed by atoms with van der Waals surface area (Å²) in [6.45, 7) is 0.442. The number of fused-ring (bicyclic) bond motifs is 1. The number of H-pyrrole nitrogens is 1. The van der Waals surface area contributed by atoms with Crippen molar-refractivity contribution in [3.8, 4) is 17.0 Å². The Balaban J connectivity index is 1.65. The number of benzene rings is 1. The first-order valence-electron chi connectivity index (χ1n) is 8.84. The van der Waals surface area contributed by atoms with Gasteiger partial charge in [-0.25, -0.2) is 0 Å². The zero-order valence-electron chi connectivity index (χ0n) is 14.7. The van der Waals surface area contributed by atoms with Crippen molar-refractivity contribution >= 4 is 17.2 Å². The number of amides is 1. The Labute approximate surface area is 165 Å². The highest BCUT2D eigenvalue weighted by atomic mass is 32.1. The van der Waals surface area contributed by atoms with Gasteiger partial charge in [0, 0.05) is 34.9 Å². The van der Waals surface area contributed by atoms with Crippen LogP contribution >= 0.6 is 11.3 Å². The second-order valence-corrected chi connectivity index (χ2v) is 7.57. The third kappa shape index (κ3) is 2.59. The zero-order valence-corrected chi connectivity index (χ0v) is 15.6. The van der Waals surface area contributed by atoms with Gasteiger partial charge in [0.25, 0.3) is 5.91 Å². The largest absolute Gasteiger partial charge is 0.507 e. The normalized spacial score (nSPS) is 15.8. The molecule has 6 nitrogen and oxygen atoms in total. The van der Waals surface area contributed by atoms with E-state index in [1.165, 1.54) is 0 Å². The van der Waals surface area contributed by atoms with Gasteiger partial charge in [0.15, 0.2) is 0 Å². The van der Waals surface area contributed by atoms with Gasteiger partial charge in [0.2, 0.25) is 0 Å². The highest BCUT2D eigenvalue weighted by Gasteiger charge is 2.42. The number of pyridine rings is 1. The second-order valence-electron chi connectivity index (χ2n) is 6.59. The lowest BCUT2D eigenvalue weighted by molar-refractivity contribution is 0.0732. The van der Waals surface area contributed by atoms with Crippen LogP contribution in [-0.2, 0) is 6.54 Å². The first-order valence-corrected chi connectivity index (χ1v) is 9.72. The van der Waals surface area contributed by atoms with Crippen LogP contribution in [0.5, 0.6) is 5.75 Å². The van der Waals surface area contributed by atoms with Crippen LogP contribution in [0.4, 0.5) is 0 Å². The van der Waals surface area contributed by atoms with Gasteiger partial charge in [0.05, 0.1) is 6.04 Å². The number of nitrogens with one attached hydrogen (secondary N) is 1. The maximum Gasteiger partial charge on any atom is 0.273 e. The number of phenols is 1. The fraction of sp³-hybridized carbons (Fsp3) is 0.0952. The minimum atomic E-state index is -0.268. The van der Waals surface area contributed by atoms with Crippen LogP contribution in [0.2, 0.25) is 0 Å². The molecule has 0 unspecified atom stereocenters. The van der Waals surface area contributed by atoms with E-state index in [2.05, 4.69) is 15.2 Å². The number of carbonyl (C=O) groups is 1. The molecule has 1 aliphatic rings. The molecule has 0 bridgehead atoms. The molecule has 0 saturated heterocycles. The number of rotatable bonds is 4. The molecule has 28 heavy (non-hydrogen) atoms. The summed E-state index contributed by atoms with van der Waals surface area (Å²) in [5.41, 5.74) is 3.45. The molecule has 2 N–H and O–H groups in total. The minimum Gasteiger partial charge on any atom is -0.507 e. The third-order valence-electron chi connectivity index (χ3n) is 4.91. The van der Waals surface area contributed by atoms with Gasteiger partial charge in [-0.3, -0.25) is 14.9 Å². The SMILES string of the molecule is O=C1c2[nH]nc(-c3ccccc3O)c2[C@@H](c2cccs2)N1Cc1cccnc1. The van der Waals surface area contributed by atoms with Crippen LogP contribution < -0.4 is 0 Å². The van der Waals surface area contributed by atoms with Crippen LogP contribution in [0.15, 0.2) is 66.3 Å². The van der Waals surface area contributed by atoms with E-state index in [1.54, 1.807) is 35.9 Å². The Hall–Kier alpha value is -3.45. The van der Waals surface area contributed by atoms with Crippen molar-refractivity contribution in [3.63, 3.8) is 0 Å². The van der Waals surface area contributed by atoms with Crippen LogP contribution in [0.25, 0.3) is 11.3 Å². The van der Waals surface area contributed by atoms with E-state index < -0.39 is 0 Å². The van der Waals surface area contributed by atoms with Crippen LogP contribution in [0.3, 0.4) is 0 Å². The molecule has 138 valence electrons. The number of hydrogen-bond acceptors (Lipinski definition) is 5. The number of carbonyl (C=O) groups excluding carboxylic acids is 1. The lowest BCUT2D eigenvalue weighted by Gasteiger charge is -2.25. The fourth-order valence-electron chi connectivity index (χ4n) is 3.67. The fourth-order valence-corrected chi connectivity index (χ4v) is 4.52. The molecular formula is C21H16N4O2S. The molecule has 4 heterocycles. The molecule has 1 atom stereocenters. The predicted molar refractivity (Wildman–Crippen MR) is 106 cm³/mol. The van der Waals surface area contributed by atoms with Gasteiger partial charge < -0.3 is 10.0 Å². The van der Waals surface area contributed by atoms with E-state index in [1.807, 2.05) is 46.7 Å². The predicted octanol–water partition coefficient (Wildman–Crippen LogP) is 3.98. The number of hydrogen-bond donors (Lipinski definition) is 2. The van der Waals surface area contributed by atoms with E-state index in [0.717, 1.165) is 16.0 Å². The average Bonchev–Trinajstić information content (AvgIpc) is 3.43. The number of para-hydroxylation sites is 1. The number of thiophene rings is 1. The average molecular weight is 388 g/mol. The Morgan fingerprint density at radius 3 is 2.79 bits per heavy atom. The van der Waals surface area contributed by atoms with Gasteiger partial charge in [-0.15, -0.1) is 11.3 Å². The smallest absolute Gasteiger partial charge is 0.273 e. The van der Waals surface area contributed by atoms with E-state index in [-0.39, 0.29) is 17.7 Å². The number of aromatic hydroxyl groups is 1. The molecule has 0 aliphatic carbocycles. The van der Waals surface area contributed by atoms with Crippen molar-refractivity contribution in [2.75, 3.05) is 0 Å². The third-order valence-corrected chi connectivity index (χ3v) is 5.84. The molecule has 1 aromatic carbocycles. The van der Waals surface area contributed by atoms with Gasteiger partial charge in [-0.2, -0.15) is 5.10 Å². The van der Waals surface area contributed by atoms with Gasteiger partial charge in [-0.1, -0.05) is 24.3 Å². The summed E-state index contributed by atoms with van der Waals surface area (Å²) < 4.78 is 0. The maximum atomic E-state index is 13.2. The zero-order chi connectivity index (χ0) is 19.1. The number of aromatic amines is 1. The van der Waals surface area contributed by atoms with Gasteiger partial charge in [-0.05, 0) is 35.2 Å². The monoisotopic (exact) mass is 388 g/mol. The molecule has 0 fully saturated rings. The number of phenolic OH excluding ortho intramolecular Hbond substituents is 1. The summed E-state index contributed by atoms with van der Waals surface area (Å²) in [7, 11) is 0. The molecule has 3 aromatic heterocycles. The molecule has 5 rings (SSSR count). The van der Waals surface area contributed by atoms with Gasteiger partial charge in [0.1, 0.15) is 17.1 Å². The first-order chi connectivity index (χ1) is 13.7. The van der Waals surface area contributed by atoms with Crippen molar-refractivity contribution in [3.05, 3.63) is 88.0 Å². The number of aromatic nitrogens is 3. The molecule has 7 heteroatoms. The maximum absolute atomic E-state index is 13.2. The van der Waals surface area contributed by atoms with Crippen molar-refractivity contribution in [2.24, 2.45) is 0 Å². The summed E-state index contributed by atoms with van der Waals surface area (Å²) >= 11 is 1.60. The lowest BCUT2D eigenvalue weighted by atomic mass is 10.00. The van der Waals surface area contributed by atoms with Crippen LogP contribution in [-0.4, -0.2) is 31.1 Å². The molecule has 0 radical (unpaired) electrons. The lowest BCUT2D eigenvalue weighted by Crippen LogP contribution is -2.28. The van der Waals surface area contributed by atoms with Crippen molar-refractivity contribution in [2.45, 2.75) is 12.6 Å². The van der Waals surface area contributed by atoms with E-state index >= 15 is 0 Å². The Kier molecular flexibility index (Phi) is 3.95. The molecule has 0 spiro atoms. The standard InChI is InChI=1S/C21H16N4O2S/c26-15-7-2-1-6-14(15)18-17-19(24-23-18)21(27)25(12-13-5-3-9-22-11-13)20(17)16-8-4-10-28-16/h1-11,20,26H,12H2,(H,23,24)/t20-/m1/s1. The Morgan fingerprint density at radius 2 is 2.04 bits per heavy atom. The van der Waals surface area contributed by atoms with Crippen molar-refractivity contribution in [1.82, 2.24) is 20.1 Å². The number of nitrogens with zero attached hydrogens (tertiary/aromatic N) is 3. The van der Waals surface area contributed by atoms with E-state index in [9.17, 15) is 9.90 Å².